The fraction of sp³-hybridized carbons (Fsp3) is 0.333. The molecular formula is C12H15N7S. The zero-order valence-corrected chi connectivity index (χ0v) is 12.1. The third-order valence-electron chi connectivity index (χ3n) is 2.99. The Labute approximate surface area is 119 Å². The molecule has 0 atom stereocenters. The summed E-state index contributed by atoms with van der Waals surface area (Å²) >= 11 is 1.54. The molecular weight excluding hydrogens is 274 g/mol. The second-order valence-electron chi connectivity index (χ2n) is 4.22. The van der Waals surface area contributed by atoms with Gasteiger partial charge in [0.15, 0.2) is 11.6 Å². The van der Waals surface area contributed by atoms with E-state index in [0.29, 0.717) is 11.8 Å². The van der Waals surface area contributed by atoms with E-state index in [1.165, 1.54) is 0 Å². The maximum absolute atomic E-state index is 5.44. The molecule has 0 bridgehead atoms. The summed E-state index contributed by atoms with van der Waals surface area (Å²) in [5, 5.41) is 7.46. The molecule has 3 aromatic rings. The number of hydrogen-bond donors (Lipinski definition) is 2. The molecule has 20 heavy (non-hydrogen) atoms. The highest BCUT2D eigenvalue weighted by Crippen LogP contribution is 2.25. The highest BCUT2D eigenvalue weighted by molar-refractivity contribution is 7.16. The van der Waals surface area contributed by atoms with E-state index in [-0.39, 0.29) is 0 Å². The molecule has 104 valence electrons. The van der Waals surface area contributed by atoms with Gasteiger partial charge in [-0.15, -0.1) is 16.4 Å². The Kier molecular flexibility index (Phi) is 3.33. The summed E-state index contributed by atoms with van der Waals surface area (Å²) in [7, 11) is 0. The Bertz CT molecular complexity index is 745. The molecule has 0 aromatic carbocycles. The van der Waals surface area contributed by atoms with Crippen LogP contribution in [0.15, 0.2) is 11.4 Å². The van der Waals surface area contributed by atoms with E-state index >= 15 is 0 Å². The lowest BCUT2D eigenvalue weighted by Gasteiger charge is -2.07. The minimum Gasteiger partial charge on any atom is -0.292 e. The van der Waals surface area contributed by atoms with Crippen molar-refractivity contribution in [3.05, 3.63) is 23.1 Å². The molecule has 0 aliphatic carbocycles. The van der Waals surface area contributed by atoms with Crippen LogP contribution >= 0.6 is 11.3 Å². The van der Waals surface area contributed by atoms with E-state index in [0.717, 1.165) is 34.7 Å². The number of thiophene rings is 1. The van der Waals surface area contributed by atoms with Gasteiger partial charge in [0.2, 0.25) is 5.95 Å². The zero-order chi connectivity index (χ0) is 14.1. The lowest BCUT2D eigenvalue weighted by Crippen LogP contribution is -2.13. The summed E-state index contributed by atoms with van der Waals surface area (Å²) in [6.45, 7) is 4.08. The molecule has 3 aromatic heterocycles. The summed E-state index contributed by atoms with van der Waals surface area (Å²) < 4.78 is 1.79. The molecule has 0 aliphatic rings. The van der Waals surface area contributed by atoms with Crippen molar-refractivity contribution >= 4 is 27.5 Å². The van der Waals surface area contributed by atoms with Crippen LogP contribution in [0.25, 0.3) is 16.0 Å². The first-order valence-corrected chi connectivity index (χ1v) is 7.31. The fourth-order valence-corrected chi connectivity index (χ4v) is 2.76. The van der Waals surface area contributed by atoms with Gasteiger partial charge in [-0.2, -0.15) is 9.67 Å². The van der Waals surface area contributed by atoms with Gasteiger partial charge in [0.05, 0.1) is 5.39 Å². The van der Waals surface area contributed by atoms with Crippen LogP contribution in [0.4, 0.5) is 5.95 Å². The molecule has 8 heteroatoms. The SMILES string of the molecule is CCc1nc(CC)n(-c2nc(NN)nc3sccc23)n1. The molecule has 0 unspecified atom stereocenters. The first-order chi connectivity index (χ1) is 9.76. The van der Waals surface area contributed by atoms with Crippen LogP contribution in [0.3, 0.4) is 0 Å². The summed E-state index contributed by atoms with van der Waals surface area (Å²) in [4.78, 5) is 14.2. The maximum atomic E-state index is 5.44. The van der Waals surface area contributed by atoms with E-state index in [1.54, 1.807) is 16.0 Å². The number of aryl methyl sites for hydroxylation is 2. The summed E-state index contributed by atoms with van der Waals surface area (Å²) in [6, 6.07) is 1.99. The van der Waals surface area contributed by atoms with Gasteiger partial charge in [-0.25, -0.2) is 15.8 Å². The number of rotatable bonds is 4. The number of hydrazine groups is 1. The van der Waals surface area contributed by atoms with Gasteiger partial charge in [0, 0.05) is 12.8 Å². The average Bonchev–Trinajstić information content (AvgIpc) is 3.11. The number of nitrogen functional groups attached to an aromatic ring is 1. The van der Waals surface area contributed by atoms with Crippen LogP contribution in [0.5, 0.6) is 0 Å². The van der Waals surface area contributed by atoms with Gasteiger partial charge in [-0.3, -0.25) is 5.43 Å². The molecule has 0 amide bonds. The van der Waals surface area contributed by atoms with Crippen molar-refractivity contribution < 1.29 is 0 Å². The highest BCUT2D eigenvalue weighted by atomic mass is 32.1. The highest BCUT2D eigenvalue weighted by Gasteiger charge is 2.15. The number of fused-ring (bicyclic) bond motifs is 1. The molecule has 0 saturated carbocycles. The van der Waals surface area contributed by atoms with Crippen LogP contribution in [0.1, 0.15) is 25.5 Å². The molecule has 3 rings (SSSR count). The minimum atomic E-state index is 0.380. The second kappa shape index (κ2) is 5.14. The van der Waals surface area contributed by atoms with Gasteiger partial charge < -0.3 is 0 Å². The molecule has 0 spiro atoms. The van der Waals surface area contributed by atoms with Crippen molar-refractivity contribution in [2.45, 2.75) is 26.7 Å². The average molecular weight is 289 g/mol. The van der Waals surface area contributed by atoms with E-state index in [2.05, 4.69) is 25.5 Å². The topological polar surface area (TPSA) is 94.5 Å². The Morgan fingerprint density at radius 1 is 1.25 bits per heavy atom. The Morgan fingerprint density at radius 2 is 2.10 bits per heavy atom. The molecule has 0 saturated heterocycles. The van der Waals surface area contributed by atoms with Crippen LogP contribution in [0, 0.1) is 0 Å². The molecule has 0 aliphatic heterocycles. The van der Waals surface area contributed by atoms with E-state index in [4.69, 9.17) is 5.84 Å². The molecule has 3 heterocycles. The van der Waals surface area contributed by atoms with Crippen LogP contribution < -0.4 is 11.3 Å². The molecule has 0 fully saturated rings. The third-order valence-corrected chi connectivity index (χ3v) is 3.79. The largest absolute Gasteiger partial charge is 0.292 e. The van der Waals surface area contributed by atoms with Gasteiger partial charge >= 0.3 is 0 Å². The summed E-state index contributed by atoms with van der Waals surface area (Å²) in [5.41, 5.74) is 2.50. The first kappa shape index (κ1) is 12.9. The van der Waals surface area contributed by atoms with Crippen LogP contribution in [-0.2, 0) is 12.8 Å². The Hall–Kier alpha value is -2.06. The fourth-order valence-electron chi connectivity index (χ4n) is 2.01. The number of anilines is 1. The van der Waals surface area contributed by atoms with Crippen molar-refractivity contribution in [2.75, 3.05) is 5.43 Å². The van der Waals surface area contributed by atoms with Gasteiger partial charge in [0.1, 0.15) is 10.7 Å². The Balaban J connectivity index is 2.27. The van der Waals surface area contributed by atoms with E-state index < -0.39 is 0 Å². The molecule has 7 nitrogen and oxygen atoms in total. The number of aromatic nitrogens is 5. The van der Waals surface area contributed by atoms with Gasteiger partial charge in [-0.1, -0.05) is 13.8 Å². The summed E-state index contributed by atoms with van der Waals surface area (Å²) in [5.74, 6) is 8.24. The predicted octanol–water partition coefficient (Wildman–Crippen LogP) is 1.68. The van der Waals surface area contributed by atoms with Gasteiger partial charge in [0.25, 0.3) is 0 Å². The van der Waals surface area contributed by atoms with Crippen molar-refractivity contribution in [2.24, 2.45) is 5.84 Å². The van der Waals surface area contributed by atoms with Crippen molar-refractivity contribution in [1.82, 2.24) is 24.7 Å². The smallest absolute Gasteiger partial charge is 0.240 e. The lowest BCUT2D eigenvalue weighted by atomic mass is 10.3. The second-order valence-corrected chi connectivity index (χ2v) is 5.11. The standard InChI is InChI=1S/C12H15N7S/c1-3-8-14-9(4-2)19(18-8)10-7-5-6-20-11(7)16-12(15-10)17-13/h5-6H,3-4,13H2,1-2H3,(H,15,16,17). The minimum absolute atomic E-state index is 0.380. The quantitative estimate of drug-likeness (QED) is 0.560. The van der Waals surface area contributed by atoms with Crippen molar-refractivity contribution in [3.63, 3.8) is 0 Å². The summed E-state index contributed by atoms with van der Waals surface area (Å²) in [6.07, 6.45) is 1.58. The van der Waals surface area contributed by atoms with Crippen molar-refractivity contribution in [3.8, 4) is 5.82 Å². The molecule has 0 radical (unpaired) electrons. The number of nitrogens with one attached hydrogen (secondary N) is 1. The molecule has 3 N–H and O–H groups in total. The monoisotopic (exact) mass is 289 g/mol. The van der Waals surface area contributed by atoms with E-state index in [1.807, 2.05) is 25.3 Å². The lowest BCUT2D eigenvalue weighted by molar-refractivity contribution is 0.774. The van der Waals surface area contributed by atoms with Crippen LogP contribution in [0.2, 0.25) is 0 Å². The van der Waals surface area contributed by atoms with Crippen LogP contribution in [-0.4, -0.2) is 24.7 Å². The number of nitrogens with zero attached hydrogens (tertiary/aromatic N) is 5. The zero-order valence-electron chi connectivity index (χ0n) is 11.3. The Morgan fingerprint density at radius 3 is 2.80 bits per heavy atom. The normalized spacial score (nSPS) is 11.2. The predicted molar refractivity (Wildman–Crippen MR) is 78.9 cm³/mol. The first-order valence-electron chi connectivity index (χ1n) is 6.43. The number of hydrogen-bond acceptors (Lipinski definition) is 7. The maximum Gasteiger partial charge on any atom is 0.240 e. The number of nitrogens with two attached hydrogens (primary N) is 1. The third kappa shape index (κ3) is 2.02. The van der Waals surface area contributed by atoms with Crippen molar-refractivity contribution in [1.29, 1.82) is 0 Å². The van der Waals surface area contributed by atoms with Gasteiger partial charge in [-0.05, 0) is 11.4 Å². The van der Waals surface area contributed by atoms with E-state index in [9.17, 15) is 0 Å².